The molecule has 3 aromatic carbocycles. The van der Waals surface area contributed by atoms with Gasteiger partial charge in [0.1, 0.15) is 0 Å². The minimum atomic E-state index is -0.104. The second-order valence-electron chi connectivity index (χ2n) is 10.3. The molecule has 8 nitrogen and oxygen atoms in total. The summed E-state index contributed by atoms with van der Waals surface area (Å²) < 4.78 is 7.39. The molecule has 0 aliphatic heterocycles. The average Bonchev–Trinajstić information content (AvgIpc) is 3.40. The molecule has 6 aromatic rings. The molecule has 0 amide bonds. The van der Waals surface area contributed by atoms with Crippen LogP contribution in [0, 0.1) is 27.7 Å². The number of aromatic nitrogens is 6. The summed E-state index contributed by atoms with van der Waals surface area (Å²) in [5.41, 5.74) is 16.9. The molecule has 0 saturated heterocycles. The van der Waals surface area contributed by atoms with Gasteiger partial charge in [-0.15, -0.1) is 0 Å². The first-order chi connectivity index (χ1) is 17.6. The van der Waals surface area contributed by atoms with Crippen molar-refractivity contribution in [2.24, 2.45) is 14.1 Å². The van der Waals surface area contributed by atoms with Gasteiger partial charge < -0.3 is 5.73 Å². The number of fused-ring (bicyclic) bond motifs is 3. The Morgan fingerprint density at radius 3 is 1.68 bits per heavy atom. The average molecular weight is 494 g/mol. The van der Waals surface area contributed by atoms with Crippen molar-refractivity contribution in [2.45, 2.75) is 40.8 Å². The van der Waals surface area contributed by atoms with E-state index in [0.29, 0.717) is 18.8 Å². The predicted molar refractivity (Wildman–Crippen MR) is 149 cm³/mol. The van der Waals surface area contributed by atoms with Crippen LogP contribution >= 0.6 is 0 Å². The highest BCUT2D eigenvalue weighted by atomic mass is 16.1. The van der Waals surface area contributed by atoms with Crippen LogP contribution in [0.2, 0.25) is 0 Å². The Hall–Kier alpha value is -4.33. The van der Waals surface area contributed by atoms with Crippen molar-refractivity contribution in [1.29, 1.82) is 0 Å². The van der Waals surface area contributed by atoms with Crippen molar-refractivity contribution >= 4 is 38.5 Å². The van der Waals surface area contributed by atoms with Crippen LogP contribution in [0.5, 0.6) is 0 Å². The lowest BCUT2D eigenvalue weighted by Crippen LogP contribution is -2.25. The van der Waals surface area contributed by atoms with Crippen LogP contribution in [0.3, 0.4) is 0 Å². The molecule has 6 rings (SSSR count). The monoisotopic (exact) mass is 493 g/mol. The first-order valence-corrected chi connectivity index (χ1v) is 12.5. The van der Waals surface area contributed by atoms with Gasteiger partial charge in [0, 0.05) is 30.6 Å². The van der Waals surface area contributed by atoms with E-state index < -0.39 is 0 Å². The maximum absolute atomic E-state index is 14.0. The number of hydrogen-bond donors (Lipinski definition) is 1. The van der Waals surface area contributed by atoms with Crippen molar-refractivity contribution in [3.8, 4) is 0 Å². The van der Waals surface area contributed by atoms with E-state index in [-0.39, 0.29) is 5.69 Å². The third-order valence-electron chi connectivity index (χ3n) is 7.39. The van der Waals surface area contributed by atoms with Gasteiger partial charge in [-0.3, -0.25) is 18.5 Å². The van der Waals surface area contributed by atoms with E-state index in [1.807, 2.05) is 41.7 Å². The molecule has 0 bridgehead atoms. The number of rotatable bonds is 4. The Labute approximate surface area is 214 Å². The number of benzene rings is 3. The smallest absolute Gasteiger partial charge is 0.329 e. The van der Waals surface area contributed by atoms with Gasteiger partial charge in [0.15, 0.2) is 0 Å². The second kappa shape index (κ2) is 8.09. The van der Waals surface area contributed by atoms with Crippen LogP contribution in [0.15, 0.2) is 47.3 Å². The van der Waals surface area contributed by atoms with Gasteiger partial charge in [-0.05, 0) is 80.3 Å². The molecule has 0 saturated carbocycles. The molecule has 0 aliphatic rings. The van der Waals surface area contributed by atoms with Crippen molar-refractivity contribution in [2.75, 3.05) is 5.73 Å². The summed E-state index contributed by atoms with van der Waals surface area (Å²) in [5.74, 6) is 0. The van der Waals surface area contributed by atoms with E-state index in [1.165, 1.54) is 11.1 Å². The third-order valence-corrected chi connectivity index (χ3v) is 7.39. The highest BCUT2D eigenvalue weighted by Crippen LogP contribution is 2.28. The lowest BCUT2D eigenvalue weighted by atomic mass is 10.1. The first kappa shape index (κ1) is 23.1. The Bertz CT molecular complexity index is 1930. The summed E-state index contributed by atoms with van der Waals surface area (Å²) in [6, 6.07) is 14.2. The van der Waals surface area contributed by atoms with E-state index in [0.717, 1.165) is 55.4 Å². The molecular weight excluding hydrogens is 462 g/mol. The predicted octanol–water partition coefficient (Wildman–Crippen LogP) is 4.49. The van der Waals surface area contributed by atoms with E-state index in [4.69, 9.17) is 15.9 Å². The molecule has 0 radical (unpaired) electrons. The molecule has 0 unspecified atom stereocenters. The fourth-order valence-corrected chi connectivity index (χ4v) is 5.88. The number of nitrogens with two attached hydrogens (primary N) is 1. The molecule has 3 heterocycles. The van der Waals surface area contributed by atoms with Crippen molar-refractivity contribution in [3.05, 3.63) is 86.6 Å². The molecule has 3 aromatic heterocycles. The number of hydrogen-bond acceptors (Lipinski definition) is 4. The van der Waals surface area contributed by atoms with E-state index in [9.17, 15) is 4.79 Å². The minimum absolute atomic E-state index is 0.104. The number of nitrogen functional groups attached to an aromatic ring is 1. The van der Waals surface area contributed by atoms with Gasteiger partial charge in [0.2, 0.25) is 0 Å². The highest BCUT2D eigenvalue weighted by molar-refractivity contribution is 5.88. The van der Waals surface area contributed by atoms with Gasteiger partial charge in [0.05, 0.1) is 46.5 Å². The van der Waals surface area contributed by atoms with Crippen LogP contribution in [0.25, 0.3) is 32.8 Å². The van der Waals surface area contributed by atoms with Gasteiger partial charge in [-0.2, -0.15) is 10.2 Å². The Morgan fingerprint density at radius 1 is 0.676 bits per heavy atom. The Balaban J connectivity index is 1.54. The number of imidazole rings is 1. The fourth-order valence-electron chi connectivity index (χ4n) is 5.88. The lowest BCUT2D eigenvalue weighted by Gasteiger charge is -2.05. The summed E-state index contributed by atoms with van der Waals surface area (Å²) in [6.45, 7) is 9.10. The Morgan fingerprint density at radius 2 is 1.16 bits per heavy atom. The summed E-state index contributed by atoms with van der Waals surface area (Å²) in [4.78, 5) is 14.0. The number of anilines is 1. The molecule has 2 N–H and O–H groups in total. The van der Waals surface area contributed by atoms with Crippen LogP contribution in [-0.4, -0.2) is 28.7 Å². The van der Waals surface area contributed by atoms with Gasteiger partial charge >= 0.3 is 5.69 Å². The van der Waals surface area contributed by atoms with E-state index >= 15 is 0 Å². The largest absolute Gasteiger partial charge is 0.399 e. The maximum Gasteiger partial charge on any atom is 0.329 e. The molecule has 188 valence electrons. The van der Waals surface area contributed by atoms with E-state index in [2.05, 4.69) is 52.0 Å². The van der Waals surface area contributed by atoms with E-state index in [1.54, 1.807) is 9.13 Å². The topological polar surface area (TPSA) is 88.6 Å². The lowest BCUT2D eigenvalue weighted by molar-refractivity contribution is 0.663. The van der Waals surface area contributed by atoms with Crippen LogP contribution < -0.4 is 11.4 Å². The van der Waals surface area contributed by atoms with Crippen molar-refractivity contribution in [3.63, 3.8) is 0 Å². The van der Waals surface area contributed by atoms with Crippen LogP contribution in [0.1, 0.15) is 33.6 Å². The fraction of sp³-hybridized carbons (Fsp3) is 0.276. The Kier molecular flexibility index (Phi) is 5.05. The molecular formula is C29H31N7O. The first-order valence-electron chi connectivity index (χ1n) is 12.5. The van der Waals surface area contributed by atoms with Crippen LogP contribution in [-0.2, 0) is 27.2 Å². The molecule has 0 spiro atoms. The van der Waals surface area contributed by atoms with Gasteiger partial charge in [0.25, 0.3) is 0 Å². The van der Waals surface area contributed by atoms with Gasteiger partial charge in [-0.25, -0.2) is 4.79 Å². The number of nitrogens with zero attached hydrogens (tertiary/aromatic N) is 6. The SMILES string of the molecule is Cc1cc(C)c2c(Cn3c(=O)n(Cc4nn(C)c5cc(C)cc(C)c45)c4cc(N)ccc43)nn(C)c2c1. The minimum Gasteiger partial charge on any atom is -0.399 e. The third kappa shape index (κ3) is 3.55. The summed E-state index contributed by atoms with van der Waals surface area (Å²) in [7, 11) is 3.90. The molecule has 0 fully saturated rings. The summed E-state index contributed by atoms with van der Waals surface area (Å²) in [6.07, 6.45) is 0. The van der Waals surface area contributed by atoms with Gasteiger partial charge in [-0.1, -0.05) is 12.1 Å². The van der Waals surface area contributed by atoms with Crippen molar-refractivity contribution < 1.29 is 0 Å². The van der Waals surface area contributed by atoms with Crippen LogP contribution in [0.4, 0.5) is 5.69 Å². The number of aryl methyl sites for hydroxylation is 6. The maximum atomic E-state index is 14.0. The quantitative estimate of drug-likeness (QED) is 0.367. The second-order valence-corrected chi connectivity index (χ2v) is 10.3. The highest BCUT2D eigenvalue weighted by Gasteiger charge is 2.20. The zero-order chi connectivity index (χ0) is 26.2. The molecule has 0 atom stereocenters. The molecule has 0 aliphatic carbocycles. The van der Waals surface area contributed by atoms with Crippen molar-refractivity contribution in [1.82, 2.24) is 28.7 Å². The zero-order valence-corrected chi connectivity index (χ0v) is 22.1. The molecule has 8 heteroatoms. The summed E-state index contributed by atoms with van der Waals surface area (Å²) in [5, 5.41) is 11.8. The molecule has 37 heavy (non-hydrogen) atoms. The standard InChI is InChI=1S/C29H31N7O/c1-16-9-18(3)27-21(31-33(5)25(27)11-16)14-35-23-8-7-20(30)13-24(23)36(29(35)37)15-22-28-19(4)10-17(2)12-26(28)34(6)32-22/h7-13H,14-15,30H2,1-6H3. The zero-order valence-electron chi connectivity index (χ0n) is 22.1. The normalized spacial score (nSPS) is 11.9. The summed E-state index contributed by atoms with van der Waals surface area (Å²) >= 11 is 0.